The predicted molar refractivity (Wildman–Crippen MR) is 74.8 cm³/mol. The van der Waals surface area contributed by atoms with Crippen molar-refractivity contribution in [2.24, 2.45) is 5.73 Å². The van der Waals surface area contributed by atoms with E-state index in [0.717, 1.165) is 11.4 Å². The number of rotatable bonds is 4. The van der Waals surface area contributed by atoms with Gasteiger partial charge in [-0.25, -0.2) is 0 Å². The highest BCUT2D eigenvalue weighted by molar-refractivity contribution is 7.99. The van der Waals surface area contributed by atoms with Crippen molar-refractivity contribution in [1.82, 2.24) is 0 Å². The lowest BCUT2D eigenvalue weighted by Gasteiger charge is -2.08. The van der Waals surface area contributed by atoms with Gasteiger partial charge in [0.2, 0.25) is 0 Å². The lowest BCUT2D eigenvalue weighted by molar-refractivity contribution is 0.944. The van der Waals surface area contributed by atoms with Crippen LogP contribution in [0.1, 0.15) is 5.56 Å². The molecule has 0 saturated carbocycles. The predicted octanol–water partition coefficient (Wildman–Crippen LogP) is 3.99. The number of nitrogens with two attached hydrogens (primary N) is 1. The molecular formula is C14H14ClNS. The first-order chi connectivity index (χ1) is 8.29. The van der Waals surface area contributed by atoms with Gasteiger partial charge in [-0.1, -0.05) is 41.6 Å². The molecule has 1 nitrogen and oxygen atoms in total. The van der Waals surface area contributed by atoms with Crippen molar-refractivity contribution in [1.29, 1.82) is 0 Å². The quantitative estimate of drug-likeness (QED) is 0.903. The molecule has 0 aliphatic heterocycles. The second kappa shape index (κ2) is 6.10. The zero-order valence-corrected chi connectivity index (χ0v) is 11.0. The van der Waals surface area contributed by atoms with E-state index >= 15 is 0 Å². The van der Waals surface area contributed by atoms with Gasteiger partial charge in [0, 0.05) is 14.8 Å². The minimum Gasteiger partial charge on any atom is -0.330 e. The smallest absolute Gasteiger partial charge is 0.0406 e. The fourth-order valence-corrected chi connectivity index (χ4v) is 2.69. The zero-order chi connectivity index (χ0) is 12.1. The van der Waals surface area contributed by atoms with Crippen molar-refractivity contribution in [3.8, 4) is 0 Å². The van der Waals surface area contributed by atoms with E-state index in [4.69, 9.17) is 17.3 Å². The van der Waals surface area contributed by atoms with E-state index in [9.17, 15) is 0 Å². The van der Waals surface area contributed by atoms with Crippen LogP contribution < -0.4 is 5.73 Å². The third-order valence-corrected chi connectivity index (χ3v) is 3.81. The molecule has 0 heterocycles. The fourth-order valence-electron chi connectivity index (χ4n) is 1.60. The molecule has 2 N–H and O–H groups in total. The molecule has 0 aliphatic rings. The minimum atomic E-state index is 0.679. The van der Waals surface area contributed by atoms with E-state index in [2.05, 4.69) is 24.3 Å². The van der Waals surface area contributed by atoms with Crippen LogP contribution in [0.5, 0.6) is 0 Å². The molecular weight excluding hydrogens is 250 g/mol. The molecule has 2 aromatic carbocycles. The van der Waals surface area contributed by atoms with Crippen LogP contribution in [0.3, 0.4) is 0 Å². The molecule has 0 unspecified atom stereocenters. The van der Waals surface area contributed by atoms with Crippen LogP contribution in [0, 0.1) is 0 Å². The summed E-state index contributed by atoms with van der Waals surface area (Å²) >= 11 is 7.62. The maximum atomic E-state index is 5.87. The highest BCUT2D eigenvalue weighted by Gasteiger charge is 2.03. The summed E-state index contributed by atoms with van der Waals surface area (Å²) in [5.41, 5.74) is 6.92. The first kappa shape index (κ1) is 12.5. The molecule has 0 radical (unpaired) electrons. The molecule has 3 heteroatoms. The van der Waals surface area contributed by atoms with Gasteiger partial charge >= 0.3 is 0 Å². The third-order valence-electron chi connectivity index (χ3n) is 2.43. The monoisotopic (exact) mass is 263 g/mol. The number of hydrogen-bond donors (Lipinski definition) is 1. The summed E-state index contributed by atoms with van der Waals surface area (Å²) in [4.78, 5) is 2.46. The van der Waals surface area contributed by atoms with Gasteiger partial charge in [0.1, 0.15) is 0 Å². The summed E-state index contributed by atoms with van der Waals surface area (Å²) in [5.74, 6) is 0. The fraction of sp³-hybridized carbons (Fsp3) is 0.143. The Morgan fingerprint density at radius 1 is 1.00 bits per heavy atom. The Hall–Kier alpha value is -0.960. The van der Waals surface area contributed by atoms with Crippen LogP contribution >= 0.6 is 23.4 Å². The molecule has 2 rings (SSSR count). The van der Waals surface area contributed by atoms with Crippen molar-refractivity contribution in [2.75, 3.05) is 6.54 Å². The van der Waals surface area contributed by atoms with E-state index in [0.29, 0.717) is 6.54 Å². The average Bonchev–Trinajstić information content (AvgIpc) is 2.35. The van der Waals surface area contributed by atoms with Crippen molar-refractivity contribution < 1.29 is 0 Å². The molecule has 0 aliphatic carbocycles. The standard InChI is InChI=1S/C14H14ClNS/c15-12-5-7-13(8-6-12)17-14-4-2-1-3-11(14)9-10-16/h1-8H,9-10,16H2. The van der Waals surface area contributed by atoms with Crippen LogP contribution in [0.2, 0.25) is 5.02 Å². The van der Waals surface area contributed by atoms with Gasteiger partial charge in [0.05, 0.1) is 0 Å². The first-order valence-electron chi connectivity index (χ1n) is 5.51. The highest BCUT2D eigenvalue weighted by atomic mass is 35.5. The Morgan fingerprint density at radius 3 is 2.41 bits per heavy atom. The number of hydrogen-bond acceptors (Lipinski definition) is 2. The van der Waals surface area contributed by atoms with Gasteiger partial charge in [-0.2, -0.15) is 0 Å². The summed E-state index contributed by atoms with van der Waals surface area (Å²) in [5, 5.41) is 0.768. The van der Waals surface area contributed by atoms with Gasteiger partial charge < -0.3 is 5.73 Å². The van der Waals surface area contributed by atoms with Gasteiger partial charge in [0.25, 0.3) is 0 Å². The molecule has 0 bridgehead atoms. The van der Waals surface area contributed by atoms with Crippen LogP contribution in [-0.4, -0.2) is 6.54 Å². The summed E-state index contributed by atoms with van der Waals surface area (Å²) in [6.45, 7) is 0.679. The Balaban J connectivity index is 2.20. The maximum absolute atomic E-state index is 5.87. The first-order valence-corrected chi connectivity index (χ1v) is 6.70. The van der Waals surface area contributed by atoms with Gasteiger partial charge in [-0.15, -0.1) is 0 Å². The summed E-state index contributed by atoms with van der Waals surface area (Å²) in [7, 11) is 0. The lowest BCUT2D eigenvalue weighted by Crippen LogP contribution is -2.03. The topological polar surface area (TPSA) is 26.0 Å². The Morgan fingerprint density at radius 2 is 1.71 bits per heavy atom. The Labute approximate surface area is 111 Å². The van der Waals surface area contributed by atoms with Crippen LogP contribution in [0.15, 0.2) is 58.3 Å². The Kier molecular flexibility index (Phi) is 4.49. The van der Waals surface area contributed by atoms with Crippen molar-refractivity contribution in [3.63, 3.8) is 0 Å². The van der Waals surface area contributed by atoms with Gasteiger partial charge in [0.15, 0.2) is 0 Å². The number of benzene rings is 2. The maximum Gasteiger partial charge on any atom is 0.0406 e. The highest BCUT2D eigenvalue weighted by Crippen LogP contribution is 2.31. The van der Waals surface area contributed by atoms with E-state index in [1.165, 1.54) is 15.4 Å². The molecule has 0 saturated heterocycles. The second-order valence-corrected chi connectivity index (χ2v) is 5.25. The van der Waals surface area contributed by atoms with Crippen molar-refractivity contribution >= 4 is 23.4 Å². The van der Waals surface area contributed by atoms with Crippen LogP contribution in [-0.2, 0) is 6.42 Å². The second-order valence-electron chi connectivity index (χ2n) is 3.70. The lowest BCUT2D eigenvalue weighted by atomic mass is 10.1. The van der Waals surface area contributed by atoms with Crippen molar-refractivity contribution in [2.45, 2.75) is 16.2 Å². The Bertz CT molecular complexity index is 482. The van der Waals surface area contributed by atoms with E-state index in [1.807, 2.05) is 24.3 Å². The van der Waals surface area contributed by atoms with E-state index in [-0.39, 0.29) is 0 Å². The van der Waals surface area contributed by atoms with E-state index in [1.54, 1.807) is 11.8 Å². The average molecular weight is 264 g/mol. The van der Waals surface area contributed by atoms with E-state index < -0.39 is 0 Å². The zero-order valence-electron chi connectivity index (χ0n) is 9.40. The third kappa shape index (κ3) is 3.50. The molecule has 2 aromatic rings. The SMILES string of the molecule is NCCc1ccccc1Sc1ccc(Cl)cc1. The normalized spacial score (nSPS) is 10.5. The summed E-state index contributed by atoms with van der Waals surface area (Å²) < 4.78 is 0. The molecule has 17 heavy (non-hydrogen) atoms. The molecule has 0 aromatic heterocycles. The minimum absolute atomic E-state index is 0.679. The number of halogens is 1. The summed E-state index contributed by atoms with van der Waals surface area (Å²) in [6.07, 6.45) is 0.913. The molecule has 0 fully saturated rings. The van der Waals surface area contributed by atoms with Crippen molar-refractivity contribution in [3.05, 3.63) is 59.1 Å². The summed E-state index contributed by atoms with van der Waals surface area (Å²) in [6, 6.07) is 16.3. The van der Waals surface area contributed by atoms with Gasteiger partial charge in [-0.3, -0.25) is 0 Å². The molecule has 0 atom stereocenters. The van der Waals surface area contributed by atoms with Crippen LogP contribution in [0.4, 0.5) is 0 Å². The molecule has 0 amide bonds. The largest absolute Gasteiger partial charge is 0.330 e. The molecule has 88 valence electrons. The van der Waals surface area contributed by atoms with Gasteiger partial charge in [-0.05, 0) is 48.9 Å². The van der Waals surface area contributed by atoms with Crippen LogP contribution in [0.25, 0.3) is 0 Å². The molecule has 0 spiro atoms.